The van der Waals surface area contributed by atoms with Crippen molar-refractivity contribution in [1.82, 2.24) is 4.37 Å². The molecule has 7 heteroatoms. The Hall–Kier alpha value is -1.60. The van der Waals surface area contributed by atoms with E-state index in [0.717, 1.165) is 6.42 Å². The van der Waals surface area contributed by atoms with E-state index < -0.39 is 5.97 Å². The lowest BCUT2D eigenvalue weighted by atomic mass is 10.3. The van der Waals surface area contributed by atoms with Crippen LogP contribution in [0.5, 0.6) is 0 Å². The molecule has 0 spiro atoms. The maximum Gasteiger partial charge on any atom is 0.344 e. The highest BCUT2D eigenvalue weighted by atomic mass is 32.1. The number of thiophene rings is 1. The summed E-state index contributed by atoms with van der Waals surface area (Å²) in [5.74, 6) is -0.210. The van der Waals surface area contributed by atoms with E-state index in [1.54, 1.807) is 18.3 Å². The minimum Gasteiger partial charge on any atom is -0.462 e. The highest BCUT2D eigenvalue weighted by Gasteiger charge is 2.20. The zero-order valence-electron chi connectivity index (χ0n) is 11.4. The zero-order chi connectivity index (χ0) is 14.5. The predicted molar refractivity (Wildman–Crippen MR) is 83.5 cm³/mol. The first kappa shape index (κ1) is 14.8. The molecule has 2 aromatic heterocycles. The topological polar surface area (TPSA) is 77.2 Å². The van der Waals surface area contributed by atoms with E-state index in [2.05, 4.69) is 28.7 Å². The van der Waals surface area contributed by atoms with Gasteiger partial charge in [-0.3, -0.25) is 0 Å². The number of nitrogens with zero attached hydrogens (tertiary/aromatic N) is 1. The van der Waals surface area contributed by atoms with Crippen LogP contribution < -0.4 is 11.1 Å². The van der Waals surface area contributed by atoms with Crippen LogP contribution in [0.25, 0.3) is 0 Å². The zero-order valence-corrected chi connectivity index (χ0v) is 13.1. The Morgan fingerprint density at radius 1 is 1.40 bits per heavy atom. The van der Waals surface area contributed by atoms with E-state index in [9.17, 15) is 4.79 Å². The molecule has 3 N–H and O–H groups in total. The second kappa shape index (κ2) is 6.71. The van der Waals surface area contributed by atoms with E-state index in [1.807, 2.05) is 0 Å². The molecule has 0 saturated carbocycles. The first-order chi connectivity index (χ1) is 9.65. The van der Waals surface area contributed by atoms with Gasteiger partial charge in [0.05, 0.1) is 13.2 Å². The molecule has 20 heavy (non-hydrogen) atoms. The molecule has 0 aliphatic heterocycles. The lowest BCUT2D eigenvalue weighted by molar-refractivity contribution is 0.0529. The third-order valence-corrected chi connectivity index (χ3v) is 4.74. The standard InChI is InChI=1S/C13H17N3O2S2/c1-3-8-5-6-9(19-8)7-15-12-10(11(14)16-20-12)13(17)18-4-2/h5-6,15H,3-4,7H2,1-2H3,(H2,14,16). The molecule has 2 heterocycles. The molecular weight excluding hydrogens is 294 g/mol. The van der Waals surface area contributed by atoms with Gasteiger partial charge < -0.3 is 15.8 Å². The fourth-order valence-electron chi connectivity index (χ4n) is 1.70. The van der Waals surface area contributed by atoms with Crippen molar-refractivity contribution >= 4 is 39.7 Å². The highest BCUT2D eigenvalue weighted by Crippen LogP contribution is 2.28. The van der Waals surface area contributed by atoms with Crippen LogP contribution >= 0.6 is 22.9 Å². The molecule has 2 aromatic rings. The number of nitrogens with one attached hydrogen (secondary N) is 1. The van der Waals surface area contributed by atoms with Crippen LogP contribution in [0, 0.1) is 0 Å². The Morgan fingerprint density at radius 3 is 2.80 bits per heavy atom. The maximum absolute atomic E-state index is 11.8. The van der Waals surface area contributed by atoms with Crippen molar-refractivity contribution in [2.45, 2.75) is 26.8 Å². The van der Waals surface area contributed by atoms with Crippen molar-refractivity contribution in [3.63, 3.8) is 0 Å². The third-order valence-electron chi connectivity index (χ3n) is 2.69. The van der Waals surface area contributed by atoms with Crippen molar-refractivity contribution in [2.75, 3.05) is 17.7 Å². The van der Waals surface area contributed by atoms with Crippen molar-refractivity contribution in [3.05, 3.63) is 27.5 Å². The fraction of sp³-hybridized carbons (Fsp3) is 0.385. The van der Waals surface area contributed by atoms with Gasteiger partial charge in [-0.25, -0.2) is 4.79 Å². The Balaban J connectivity index is 2.07. The van der Waals surface area contributed by atoms with Crippen molar-refractivity contribution in [3.8, 4) is 0 Å². The number of aryl methyl sites for hydroxylation is 1. The fourth-order valence-corrected chi connectivity index (χ4v) is 3.29. The van der Waals surface area contributed by atoms with Crippen LogP contribution in [0.15, 0.2) is 12.1 Å². The number of aromatic nitrogens is 1. The van der Waals surface area contributed by atoms with E-state index in [0.29, 0.717) is 23.7 Å². The average molecular weight is 311 g/mol. The van der Waals surface area contributed by atoms with Crippen LogP contribution in [0.2, 0.25) is 0 Å². The summed E-state index contributed by atoms with van der Waals surface area (Å²) in [6, 6.07) is 4.21. The van der Waals surface area contributed by atoms with Gasteiger partial charge in [-0.2, -0.15) is 4.37 Å². The van der Waals surface area contributed by atoms with Crippen molar-refractivity contribution < 1.29 is 9.53 Å². The van der Waals surface area contributed by atoms with Crippen molar-refractivity contribution in [1.29, 1.82) is 0 Å². The molecule has 0 unspecified atom stereocenters. The molecule has 0 saturated heterocycles. The van der Waals surface area contributed by atoms with Gasteiger partial charge in [0.25, 0.3) is 0 Å². The summed E-state index contributed by atoms with van der Waals surface area (Å²) in [4.78, 5) is 14.4. The van der Waals surface area contributed by atoms with Gasteiger partial charge in [-0.15, -0.1) is 11.3 Å². The summed E-state index contributed by atoms with van der Waals surface area (Å²) in [6.07, 6.45) is 1.03. The van der Waals surface area contributed by atoms with E-state index >= 15 is 0 Å². The molecule has 0 amide bonds. The Labute approximate surface area is 125 Å². The molecule has 0 radical (unpaired) electrons. The van der Waals surface area contributed by atoms with Crippen molar-refractivity contribution in [2.24, 2.45) is 0 Å². The number of esters is 1. The van der Waals surface area contributed by atoms with Gasteiger partial charge in [-0.1, -0.05) is 6.92 Å². The van der Waals surface area contributed by atoms with Gasteiger partial charge in [0.1, 0.15) is 10.6 Å². The second-order valence-electron chi connectivity index (χ2n) is 4.07. The summed E-state index contributed by atoms with van der Waals surface area (Å²) in [5.41, 5.74) is 6.07. The van der Waals surface area contributed by atoms with Crippen LogP contribution in [0.4, 0.5) is 10.8 Å². The van der Waals surface area contributed by atoms with Gasteiger partial charge in [0.15, 0.2) is 5.82 Å². The number of carbonyl (C=O) groups is 1. The molecule has 0 aromatic carbocycles. The number of nitrogens with two attached hydrogens (primary N) is 1. The largest absolute Gasteiger partial charge is 0.462 e. The Bertz CT molecular complexity index is 592. The average Bonchev–Trinajstić information content (AvgIpc) is 3.03. The van der Waals surface area contributed by atoms with Crippen LogP contribution in [-0.2, 0) is 17.7 Å². The molecule has 108 valence electrons. The molecule has 0 bridgehead atoms. The molecule has 0 fully saturated rings. The normalized spacial score (nSPS) is 10.5. The molecule has 5 nitrogen and oxygen atoms in total. The second-order valence-corrected chi connectivity index (χ2v) is 6.09. The first-order valence-electron chi connectivity index (χ1n) is 6.39. The number of nitrogen functional groups attached to an aromatic ring is 1. The molecule has 0 aliphatic rings. The summed E-state index contributed by atoms with van der Waals surface area (Å²) < 4.78 is 9.00. The van der Waals surface area contributed by atoms with Gasteiger partial charge >= 0.3 is 5.97 Å². The minimum absolute atomic E-state index is 0.219. The van der Waals surface area contributed by atoms with E-state index in [4.69, 9.17) is 10.5 Å². The number of anilines is 2. The van der Waals surface area contributed by atoms with Gasteiger partial charge in [0, 0.05) is 9.75 Å². The lowest BCUT2D eigenvalue weighted by Gasteiger charge is -2.05. The predicted octanol–water partition coefficient (Wildman–Crippen LogP) is 3.14. The lowest BCUT2D eigenvalue weighted by Crippen LogP contribution is -2.09. The van der Waals surface area contributed by atoms with Gasteiger partial charge in [-0.05, 0) is 37.0 Å². The smallest absolute Gasteiger partial charge is 0.344 e. The number of carbonyl (C=O) groups excluding carboxylic acids is 1. The molecule has 0 atom stereocenters. The number of hydrogen-bond acceptors (Lipinski definition) is 7. The summed E-state index contributed by atoms with van der Waals surface area (Å²) >= 11 is 2.94. The van der Waals surface area contributed by atoms with Crippen LogP contribution in [-0.4, -0.2) is 16.9 Å². The monoisotopic (exact) mass is 311 g/mol. The van der Waals surface area contributed by atoms with E-state index in [-0.39, 0.29) is 5.82 Å². The number of hydrogen-bond donors (Lipinski definition) is 2. The van der Waals surface area contributed by atoms with Crippen LogP contribution in [0.1, 0.15) is 34.0 Å². The third kappa shape index (κ3) is 3.29. The molecule has 0 aliphatic carbocycles. The minimum atomic E-state index is -0.429. The quantitative estimate of drug-likeness (QED) is 0.801. The Morgan fingerprint density at radius 2 is 2.15 bits per heavy atom. The highest BCUT2D eigenvalue weighted by molar-refractivity contribution is 7.12. The number of rotatable bonds is 6. The first-order valence-corrected chi connectivity index (χ1v) is 7.98. The summed E-state index contributed by atoms with van der Waals surface area (Å²) in [7, 11) is 0. The van der Waals surface area contributed by atoms with Gasteiger partial charge in [0.2, 0.25) is 0 Å². The SMILES string of the molecule is CCOC(=O)c1c(N)nsc1NCc1ccc(CC)s1. The van der Waals surface area contributed by atoms with Crippen LogP contribution in [0.3, 0.4) is 0 Å². The number of ether oxygens (including phenoxy) is 1. The molecule has 2 rings (SSSR count). The van der Waals surface area contributed by atoms with E-state index in [1.165, 1.54) is 21.3 Å². The summed E-state index contributed by atoms with van der Waals surface area (Å²) in [6.45, 7) is 4.86. The molecular formula is C13H17N3O2S2. The maximum atomic E-state index is 11.8. The Kier molecular flexibility index (Phi) is 4.97. The summed E-state index contributed by atoms with van der Waals surface area (Å²) in [5, 5.41) is 3.87.